The van der Waals surface area contributed by atoms with Crippen LogP contribution in [0.1, 0.15) is 22.0 Å². The van der Waals surface area contributed by atoms with Gasteiger partial charge in [-0.25, -0.2) is 0 Å². The lowest BCUT2D eigenvalue weighted by Gasteiger charge is -2.16. The van der Waals surface area contributed by atoms with Crippen LogP contribution in [0.25, 0.3) is 116 Å². The van der Waals surface area contributed by atoms with Gasteiger partial charge in [0.05, 0.1) is 72.3 Å². The van der Waals surface area contributed by atoms with Gasteiger partial charge in [-0.2, -0.15) is 20.2 Å². The van der Waals surface area contributed by atoms with Gasteiger partial charge in [0.25, 0.3) is 0 Å². The summed E-state index contributed by atoms with van der Waals surface area (Å²) < 4.78 is 121. The molecule has 0 aliphatic heterocycles. The number of nitrogens with zero attached hydrogens (tertiary/aromatic N) is 7. The third kappa shape index (κ3) is 4.46. The highest BCUT2D eigenvalue weighted by molar-refractivity contribution is 6.24. The SMILES string of the molecule is [2H]c1c([2H])c([2H])c(-n2c3ccccc3c3ccc4oc5ccccc5c4c32)c(-c2nc(-n3c4ccccc4c4cc(C#N)ccc43)nc(-n3c4c([2H])c([2H])c([2H])c([2H])c4c4c([2H])c([2H])c([2H])c([2H])c43)n2)c1[2H]. The predicted molar refractivity (Wildman–Crippen MR) is 240 cm³/mol. The first kappa shape index (κ1) is 23.0. The summed E-state index contributed by atoms with van der Waals surface area (Å²) in [5, 5.41) is 13.8. The number of para-hydroxylation sites is 6. The summed E-state index contributed by atoms with van der Waals surface area (Å²) in [6.07, 6.45) is 0. The van der Waals surface area contributed by atoms with Crippen LogP contribution in [-0.4, -0.2) is 28.7 Å². The van der Waals surface area contributed by atoms with Gasteiger partial charge in [-0.1, -0.05) is 103 Å². The molecule has 0 unspecified atom stereocenters. The molecular weight excluding hydrogens is 739 g/mol. The molecule has 5 heterocycles. The summed E-state index contributed by atoms with van der Waals surface area (Å²) in [5.74, 6) is -0.886. The molecule has 8 heteroatoms. The lowest BCUT2D eigenvalue weighted by atomic mass is 10.1. The van der Waals surface area contributed by atoms with Gasteiger partial charge >= 0.3 is 0 Å². The molecule has 0 saturated carbocycles. The topological polar surface area (TPSA) is 90.4 Å². The van der Waals surface area contributed by atoms with Gasteiger partial charge in [0, 0.05) is 43.3 Å². The van der Waals surface area contributed by atoms with Gasteiger partial charge in [0.15, 0.2) is 5.82 Å². The molecule has 0 aliphatic rings. The maximum absolute atomic E-state index is 9.98. The summed E-state index contributed by atoms with van der Waals surface area (Å²) in [7, 11) is 0. The average molecular weight is 780 g/mol. The zero-order chi connectivity index (χ0) is 49.9. The van der Waals surface area contributed by atoms with E-state index in [2.05, 4.69) is 6.07 Å². The largest absolute Gasteiger partial charge is 0.456 e. The Morgan fingerprint density at radius 1 is 0.483 bits per heavy atom. The van der Waals surface area contributed by atoms with Gasteiger partial charge in [-0.15, -0.1) is 0 Å². The highest BCUT2D eigenvalue weighted by atomic mass is 16.3. The Balaban J connectivity index is 1.26. The van der Waals surface area contributed by atoms with Crippen molar-refractivity contribution in [2.24, 2.45) is 0 Å². The standard InChI is InChI=1S/C52H29N7O/c53-30-31-25-27-45-39(29-31)35-16-4-10-22-43(35)59(45)52-55-50(54-51(56-52)58-41-20-8-1-13-32(41)33-14-2-9-21-42(33)58)37-17-5-11-23-44(37)57-40-19-7-3-15-34(40)36-26-28-47-48(49(36)57)38-18-6-12-24-46(38)60-47/h1-29H/i1D,2D,5D,8D,9D,11D,13D,14D,17D,20D,21D,23D. The van der Waals surface area contributed by atoms with Crippen molar-refractivity contribution in [3.05, 3.63) is 181 Å². The smallest absolute Gasteiger partial charge is 0.240 e. The Morgan fingerprint density at radius 3 is 1.83 bits per heavy atom. The predicted octanol–water partition coefficient (Wildman–Crippen LogP) is 12.6. The Morgan fingerprint density at radius 2 is 1.08 bits per heavy atom. The minimum Gasteiger partial charge on any atom is -0.456 e. The molecule has 0 N–H and O–H groups in total. The van der Waals surface area contributed by atoms with Crippen LogP contribution < -0.4 is 0 Å². The van der Waals surface area contributed by atoms with Crippen LogP contribution in [-0.2, 0) is 0 Å². The number of rotatable bonds is 4. The maximum Gasteiger partial charge on any atom is 0.240 e. The lowest BCUT2D eigenvalue weighted by molar-refractivity contribution is 0.669. The number of benzene rings is 8. The van der Waals surface area contributed by atoms with E-state index in [0.29, 0.717) is 55.0 Å². The van der Waals surface area contributed by atoms with E-state index in [4.69, 9.17) is 27.6 Å². The quantitative estimate of drug-likeness (QED) is 0.177. The Kier molecular flexibility index (Phi) is 4.69. The number of nitriles is 1. The van der Waals surface area contributed by atoms with E-state index >= 15 is 0 Å². The zero-order valence-corrected chi connectivity index (χ0v) is 30.9. The summed E-state index contributed by atoms with van der Waals surface area (Å²) >= 11 is 0. The molecule has 8 nitrogen and oxygen atoms in total. The molecule has 0 amide bonds. The van der Waals surface area contributed by atoms with E-state index in [1.54, 1.807) is 39.5 Å². The zero-order valence-electron chi connectivity index (χ0n) is 42.9. The maximum atomic E-state index is 9.98. The van der Waals surface area contributed by atoms with Gasteiger partial charge in [-0.05, 0) is 72.7 Å². The highest BCUT2D eigenvalue weighted by Crippen LogP contribution is 2.43. The van der Waals surface area contributed by atoms with Crippen molar-refractivity contribution in [1.82, 2.24) is 28.7 Å². The van der Waals surface area contributed by atoms with Crippen molar-refractivity contribution in [2.45, 2.75) is 0 Å². The van der Waals surface area contributed by atoms with Crippen molar-refractivity contribution >= 4 is 87.4 Å². The molecule has 8 aromatic carbocycles. The van der Waals surface area contributed by atoms with E-state index in [-0.39, 0.29) is 44.8 Å². The van der Waals surface area contributed by atoms with Gasteiger partial charge in [0.2, 0.25) is 11.9 Å². The number of aromatic nitrogens is 6. The molecule has 60 heavy (non-hydrogen) atoms. The van der Waals surface area contributed by atoms with Crippen molar-refractivity contribution in [2.75, 3.05) is 0 Å². The van der Waals surface area contributed by atoms with Crippen molar-refractivity contribution in [1.29, 1.82) is 5.26 Å². The van der Waals surface area contributed by atoms with Crippen molar-refractivity contribution < 1.29 is 20.9 Å². The molecule has 0 atom stereocenters. The number of hydrogen-bond donors (Lipinski definition) is 0. The monoisotopic (exact) mass is 779 g/mol. The van der Waals surface area contributed by atoms with E-state index in [0.717, 1.165) is 20.7 Å². The fourth-order valence-electron chi connectivity index (χ4n) is 8.68. The van der Waals surface area contributed by atoms with Crippen molar-refractivity contribution in [3.63, 3.8) is 0 Å². The van der Waals surface area contributed by atoms with E-state index in [1.165, 1.54) is 0 Å². The molecule has 0 spiro atoms. The second kappa shape index (κ2) is 12.2. The minimum atomic E-state index is -0.666. The molecule has 0 radical (unpaired) electrons. The summed E-state index contributed by atoms with van der Waals surface area (Å²) in [6, 6.07) is 26.0. The fraction of sp³-hybridized carbons (Fsp3) is 0. The molecule has 5 aromatic heterocycles. The molecule has 0 bridgehead atoms. The molecule has 0 saturated heterocycles. The Labute approximate surface area is 357 Å². The van der Waals surface area contributed by atoms with Crippen LogP contribution >= 0.6 is 0 Å². The van der Waals surface area contributed by atoms with Crippen LogP contribution in [0.5, 0.6) is 0 Å². The molecular formula is C52H29N7O. The van der Waals surface area contributed by atoms with Crippen LogP contribution in [0.3, 0.4) is 0 Å². The fourth-order valence-corrected chi connectivity index (χ4v) is 8.68. The second-order valence-corrected chi connectivity index (χ2v) is 14.2. The Hall–Kier alpha value is -8.54. The first-order valence-corrected chi connectivity index (χ1v) is 18.9. The Bertz CT molecular complexity index is 4620. The van der Waals surface area contributed by atoms with Crippen LogP contribution in [0.15, 0.2) is 180 Å². The van der Waals surface area contributed by atoms with E-state index < -0.39 is 78.5 Å². The summed E-state index contributed by atoms with van der Waals surface area (Å²) in [6.45, 7) is 0. The van der Waals surface area contributed by atoms with Crippen LogP contribution in [0, 0.1) is 11.3 Å². The molecule has 13 aromatic rings. The highest BCUT2D eigenvalue weighted by Gasteiger charge is 2.24. The van der Waals surface area contributed by atoms with Gasteiger partial charge in [0.1, 0.15) is 11.2 Å². The number of fused-ring (bicyclic) bond motifs is 13. The second-order valence-electron chi connectivity index (χ2n) is 14.2. The first-order chi connectivity index (χ1) is 34.7. The summed E-state index contributed by atoms with van der Waals surface area (Å²) in [4.78, 5) is 15.1. The van der Waals surface area contributed by atoms with Crippen molar-refractivity contribution in [3.8, 4) is 35.0 Å². The molecule has 13 rings (SSSR count). The lowest BCUT2D eigenvalue weighted by Crippen LogP contribution is -2.11. The van der Waals surface area contributed by atoms with Crippen LogP contribution in [0.4, 0.5) is 0 Å². The summed E-state index contributed by atoms with van der Waals surface area (Å²) in [5.41, 5.74) is 2.85. The van der Waals surface area contributed by atoms with E-state index in [9.17, 15) is 13.5 Å². The number of hydrogen-bond acceptors (Lipinski definition) is 5. The third-order valence-electron chi connectivity index (χ3n) is 11.1. The first-order valence-electron chi connectivity index (χ1n) is 24.9. The van der Waals surface area contributed by atoms with Gasteiger partial charge in [-0.3, -0.25) is 9.13 Å². The molecule has 278 valence electrons. The average Bonchev–Trinajstić information content (AvgIpc) is 4.15. The number of furan rings is 1. The third-order valence-corrected chi connectivity index (χ3v) is 11.1. The van der Waals surface area contributed by atoms with E-state index in [1.807, 2.05) is 72.8 Å². The molecule has 0 aliphatic carbocycles. The van der Waals surface area contributed by atoms with Crippen LogP contribution in [0.2, 0.25) is 0 Å². The minimum absolute atomic E-state index is 0.0555. The normalized spacial score (nSPS) is 14.8. The van der Waals surface area contributed by atoms with Gasteiger partial charge < -0.3 is 8.98 Å². The molecule has 0 fully saturated rings.